The highest BCUT2D eigenvalue weighted by Crippen LogP contribution is 2.33. The van der Waals surface area contributed by atoms with Crippen LogP contribution in [0.3, 0.4) is 0 Å². The topological polar surface area (TPSA) is 120 Å². The SMILES string of the molecule is C[C@H]1CC[C@H](Cn2ccc3nc(C(=N)OC(N)=O)nc(-c4cncc(Cl)c4)c32)CC1. The van der Waals surface area contributed by atoms with Crippen LogP contribution in [0, 0.1) is 17.2 Å². The zero-order valence-corrected chi connectivity index (χ0v) is 17.4. The minimum atomic E-state index is -1.08. The van der Waals surface area contributed by atoms with Gasteiger partial charge in [0.1, 0.15) is 5.69 Å². The Bertz CT molecular complexity index is 1100. The Balaban J connectivity index is 1.79. The second-order valence-corrected chi connectivity index (χ2v) is 8.30. The molecule has 0 bridgehead atoms. The number of hydrogen-bond acceptors (Lipinski definition) is 6. The first-order chi connectivity index (χ1) is 14.4. The van der Waals surface area contributed by atoms with Gasteiger partial charge in [0.15, 0.2) is 0 Å². The number of aromatic nitrogens is 4. The highest BCUT2D eigenvalue weighted by Gasteiger charge is 2.22. The van der Waals surface area contributed by atoms with Gasteiger partial charge < -0.3 is 15.0 Å². The van der Waals surface area contributed by atoms with E-state index >= 15 is 0 Å². The summed E-state index contributed by atoms with van der Waals surface area (Å²) in [7, 11) is 0. The Morgan fingerprint density at radius 2 is 2.07 bits per heavy atom. The van der Waals surface area contributed by atoms with Gasteiger partial charge in [-0.25, -0.2) is 14.8 Å². The van der Waals surface area contributed by atoms with Crippen LogP contribution >= 0.6 is 11.6 Å². The quantitative estimate of drug-likeness (QED) is 0.473. The molecular weight excluding hydrogens is 404 g/mol. The van der Waals surface area contributed by atoms with E-state index in [2.05, 4.69) is 31.2 Å². The molecule has 0 aromatic carbocycles. The zero-order chi connectivity index (χ0) is 21.3. The number of carbonyl (C=O) groups excluding carboxylic acids is 1. The van der Waals surface area contributed by atoms with Crippen LogP contribution in [0.1, 0.15) is 38.4 Å². The second-order valence-electron chi connectivity index (χ2n) is 7.87. The maximum atomic E-state index is 11.1. The van der Waals surface area contributed by atoms with Gasteiger partial charge in [0.25, 0.3) is 5.90 Å². The molecule has 3 aromatic heterocycles. The largest absolute Gasteiger partial charge is 0.411 e. The summed E-state index contributed by atoms with van der Waals surface area (Å²) < 4.78 is 6.85. The van der Waals surface area contributed by atoms with Gasteiger partial charge >= 0.3 is 6.09 Å². The summed E-state index contributed by atoms with van der Waals surface area (Å²) in [5.74, 6) is 0.853. The lowest BCUT2D eigenvalue weighted by Crippen LogP contribution is -2.21. The summed E-state index contributed by atoms with van der Waals surface area (Å²) >= 11 is 6.16. The third kappa shape index (κ3) is 4.28. The monoisotopic (exact) mass is 426 g/mol. The summed E-state index contributed by atoms with van der Waals surface area (Å²) in [5.41, 5.74) is 7.81. The number of halogens is 1. The molecule has 1 aliphatic carbocycles. The van der Waals surface area contributed by atoms with Crippen LogP contribution in [0.4, 0.5) is 4.79 Å². The number of fused-ring (bicyclic) bond motifs is 1. The highest BCUT2D eigenvalue weighted by atomic mass is 35.5. The Labute approximate surface area is 178 Å². The molecule has 0 radical (unpaired) electrons. The first kappa shape index (κ1) is 20.3. The van der Waals surface area contributed by atoms with E-state index in [1.807, 2.05) is 12.3 Å². The predicted octanol–water partition coefficient (Wildman–Crippen LogP) is 4.39. The molecule has 30 heavy (non-hydrogen) atoms. The van der Waals surface area contributed by atoms with Crippen LogP contribution < -0.4 is 5.73 Å². The molecule has 1 aliphatic rings. The molecule has 0 atom stereocenters. The maximum absolute atomic E-state index is 11.1. The zero-order valence-electron chi connectivity index (χ0n) is 16.6. The molecule has 0 saturated heterocycles. The van der Waals surface area contributed by atoms with Crippen LogP contribution in [-0.4, -0.2) is 31.5 Å². The molecule has 1 fully saturated rings. The van der Waals surface area contributed by atoms with Gasteiger partial charge in [0, 0.05) is 30.7 Å². The number of amides is 1. The first-order valence-electron chi connectivity index (χ1n) is 9.94. The summed E-state index contributed by atoms with van der Waals surface area (Å²) in [6.45, 7) is 3.18. The molecule has 0 spiro atoms. The van der Waals surface area contributed by atoms with Crippen molar-refractivity contribution in [2.45, 2.75) is 39.2 Å². The van der Waals surface area contributed by atoms with Gasteiger partial charge in [0.05, 0.1) is 16.1 Å². The van der Waals surface area contributed by atoms with E-state index in [9.17, 15) is 4.79 Å². The van der Waals surface area contributed by atoms with Crippen LogP contribution in [0.15, 0.2) is 30.7 Å². The van der Waals surface area contributed by atoms with E-state index in [0.717, 1.165) is 18.0 Å². The Kier molecular flexibility index (Phi) is 5.67. The fourth-order valence-electron chi connectivity index (χ4n) is 4.04. The number of pyridine rings is 1. The number of carbonyl (C=O) groups is 1. The second kappa shape index (κ2) is 8.39. The fraction of sp³-hybridized carbons (Fsp3) is 0.381. The number of nitrogens with two attached hydrogens (primary N) is 1. The number of primary amides is 1. The van der Waals surface area contributed by atoms with Crippen molar-refractivity contribution in [3.8, 4) is 11.3 Å². The highest BCUT2D eigenvalue weighted by molar-refractivity contribution is 6.30. The molecule has 4 rings (SSSR count). The normalized spacial score (nSPS) is 19.0. The van der Waals surface area contributed by atoms with Gasteiger partial charge in [-0.15, -0.1) is 0 Å². The molecule has 0 unspecified atom stereocenters. The van der Waals surface area contributed by atoms with Crippen molar-refractivity contribution in [1.29, 1.82) is 5.41 Å². The summed E-state index contributed by atoms with van der Waals surface area (Å²) in [6, 6.07) is 3.64. The molecule has 1 amide bonds. The fourth-order valence-corrected chi connectivity index (χ4v) is 4.21. The van der Waals surface area contributed by atoms with Crippen molar-refractivity contribution in [3.63, 3.8) is 0 Å². The molecule has 9 heteroatoms. The van der Waals surface area contributed by atoms with Crippen molar-refractivity contribution in [1.82, 2.24) is 19.5 Å². The van der Waals surface area contributed by atoms with Crippen molar-refractivity contribution >= 4 is 34.6 Å². The van der Waals surface area contributed by atoms with Gasteiger partial charge in [-0.2, -0.15) is 0 Å². The minimum Gasteiger partial charge on any atom is -0.388 e. The molecule has 3 aromatic rings. The number of nitrogens with zero attached hydrogens (tertiary/aromatic N) is 4. The molecule has 3 N–H and O–H groups in total. The molecule has 0 aliphatic heterocycles. The van der Waals surface area contributed by atoms with E-state index in [0.29, 0.717) is 27.7 Å². The van der Waals surface area contributed by atoms with Crippen molar-refractivity contribution in [2.24, 2.45) is 17.6 Å². The van der Waals surface area contributed by atoms with Gasteiger partial charge in [-0.3, -0.25) is 10.4 Å². The van der Waals surface area contributed by atoms with Crippen LogP contribution in [0.25, 0.3) is 22.3 Å². The maximum Gasteiger partial charge on any atom is 0.411 e. The lowest BCUT2D eigenvalue weighted by Gasteiger charge is -2.26. The molecule has 8 nitrogen and oxygen atoms in total. The number of nitrogens with one attached hydrogen (secondary N) is 1. The third-order valence-electron chi connectivity index (χ3n) is 5.58. The van der Waals surface area contributed by atoms with Gasteiger partial charge in [-0.05, 0) is 36.8 Å². The first-order valence-corrected chi connectivity index (χ1v) is 10.3. The van der Waals surface area contributed by atoms with Gasteiger partial charge in [-0.1, -0.05) is 31.4 Å². The van der Waals surface area contributed by atoms with E-state index in [1.54, 1.807) is 18.5 Å². The Morgan fingerprint density at radius 1 is 1.30 bits per heavy atom. The molecule has 156 valence electrons. The van der Waals surface area contributed by atoms with Gasteiger partial charge in [0.2, 0.25) is 5.82 Å². The third-order valence-corrected chi connectivity index (χ3v) is 5.79. The average molecular weight is 427 g/mol. The number of ether oxygens (including phenoxy) is 1. The Morgan fingerprint density at radius 3 is 2.77 bits per heavy atom. The summed E-state index contributed by atoms with van der Waals surface area (Å²) in [5, 5.41) is 8.45. The molecule has 3 heterocycles. The number of rotatable bonds is 4. The number of hydrogen-bond donors (Lipinski definition) is 2. The van der Waals surface area contributed by atoms with E-state index in [4.69, 9.17) is 22.7 Å². The van der Waals surface area contributed by atoms with Crippen molar-refractivity contribution in [2.75, 3.05) is 0 Å². The van der Waals surface area contributed by atoms with Crippen LogP contribution in [0.2, 0.25) is 5.02 Å². The van der Waals surface area contributed by atoms with E-state index in [1.165, 1.54) is 25.7 Å². The lowest BCUT2D eigenvalue weighted by atomic mass is 9.83. The smallest absolute Gasteiger partial charge is 0.388 e. The molecular formula is C21H23ClN6O2. The predicted molar refractivity (Wildman–Crippen MR) is 114 cm³/mol. The van der Waals surface area contributed by atoms with Crippen molar-refractivity contribution in [3.05, 3.63) is 41.6 Å². The minimum absolute atomic E-state index is 0.0273. The van der Waals surface area contributed by atoms with Crippen LogP contribution in [-0.2, 0) is 11.3 Å². The average Bonchev–Trinajstić information content (AvgIpc) is 3.11. The Hall–Kier alpha value is -3.00. The molecule has 1 saturated carbocycles. The standard InChI is InChI=1S/C21H23ClN6O2/c1-12-2-4-13(5-3-12)11-28-7-6-16-18(28)17(14-8-15(22)10-25-9-14)27-20(26-16)19(23)30-21(24)29/h6-10,12-13,23H,2-5,11H2,1H3,(H2,24,29)/t12-,13-. The van der Waals surface area contributed by atoms with Crippen molar-refractivity contribution < 1.29 is 9.53 Å². The summed E-state index contributed by atoms with van der Waals surface area (Å²) in [4.78, 5) is 24.2. The van der Waals surface area contributed by atoms with Crippen LogP contribution in [0.5, 0.6) is 0 Å². The van der Waals surface area contributed by atoms with E-state index < -0.39 is 12.0 Å². The lowest BCUT2D eigenvalue weighted by molar-refractivity contribution is 0.207. The van der Waals surface area contributed by atoms with E-state index in [-0.39, 0.29) is 5.82 Å². The summed E-state index contributed by atoms with van der Waals surface area (Å²) in [6.07, 6.45) is 9.00.